The van der Waals surface area contributed by atoms with Crippen molar-refractivity contribution in [1.82, 2.24) is 20.1 Å². The molecule has 33 heavy (non-hydrogen) atoms. The van der Waals surface area contributed by atoms with Crippen LogP contribution in [0.3, 0.4) is 0 Å². The van der Waals surface area contributed by atoms with Crippen LogP contribution in [0.2, 0.25) is 5.02 Å². The number of nitrogens with one attached hydrogen (secondary N) is 2. The second-order valence-corrected chi connectivity index (χ2v) is 8.08. The summed E-state index contributed by atoms with van der Waals surface area (Å²) in [4.78, 5) is 31.7. The summed E-state index contributed by atoms with van der Waals surface area (Å²) in [5.41, 5.74) is 2.36. The topological polar surface area (TPSA) is 109 Å². The van der Waals surface area contributed by atoms with Gasteiger partial charge in [0.05, 0.1) is 36.5 Å². The molecule has 10 heteroatoms. The molecule has 2 N–H and O–H groups in total. The minimum Gasteiger partial charge on any atom is -0.495 e. The second-order valence-electron chi connectivity index (χ2n) is 7.67. The summed E-state index contributed by atoms with van der Waals surface area (Å²) >= 11 is 6.21. The Kier molecular flexibility index (Phi) is 6.79. The Morgan fingerprint density at radius 1 is 1.15 bits per heavy atom. The molecule has 2 amide bonds. The van der Waals surface area contributed by atoms with Gasteiger partial charge in [-0.2, -0.15) is 5.10 Å². The summed E-state index contributed by atoms with van der Waals surface area (Å²) in [7, 11) is 3.01. The number of carbonyl (C=O) groups excluding carboxylic acids is 2. The molecular formula is C23H24ClN5O4. The van der Waals surface area contributed by atoms with Gasteiger partial charge in [0, 0.05) is 37.1 Å². The van der Waals surface area contributed by atoms with Gasteiger partial charge in [-0.15, -0.1) is 0 Å². The first-order valence-electron chi connectivity index (χ1n) is 10.5. The van der Waals surface area contributed by atoms with Crippen molar-refractivity contribution in [3.63, 3.8) is 0 Å². The van der Waals surface area contributed by atoms with Gasteiger partial charge in [-0.1, -0.05) is 11.6 Å². The molecule has 0 unspecified atom stereocenters. The van der Waals surface area contributed by atoms with E-state index in [2.05, 4.69) is 20.5 Å². The molecule has 3 aromatic rings. The SMILES string of the molecule is COc1cc(OC)c(NC(=O)[C@H]2CCCN(C(=O)c3cc(-c4ccncc4)n[nH]3)C2)cc1Cl. The smallest absolute Gasteiger partial charge is 0.271 e. The molecule has 1 aromatic carbocycles. The Morgan fingerprint density at radius 2 is 1.91 bits per heavy atom. The molecule has 0 spiro atoms. The van der Waals surface area contributed by atoms with E-state index in [1.165, 1.54) is 14.2 Å². The average Bonchev–Trinajstić information content (AvgIpc) is 3.35. The fraction of sp³-hybridized carbons (Fsp3) is 0.304. The lowest BCUT2D eigenvalue weighted by Gasteiger charge is -2.31. The number of carbonyl (C=O) groups is 2. The molecule has 2 aromatic heterocycles. The number of aromatic amines is 1. The van der Waals surface area contributed by atoms with Crippen molar-refractivity contribution in [3.8, 4) is 22.8 Å². The van der Waals surface area contributed by atoms with Crippen LogP contribution in [-0.4, -0.2) is 59.2 Å². The zero-order valence-electron chi connectivity index (χ0n) is 18.3. The van der Waals surface area contributed by atoms with E-state index >= 15 is 0 Å². The molecule has 1 aliphatic rings. The lowest BCUT2D eigenvalue weighted by atomic mass is 9.96. The maximum atomic E-state index is 13.0. The first-order chi connectivity index (χ1) is 16.0. The lowest BCUT2D eigenvalue weighted by Crippen LogP contribution is -2.43. The summed E-state index contributed by atoms with van der Waals surface area (Å²) < 4.78 is 10.6. The number of rotatable bonds is 6. The highest BCUT2D eigenvalue weighted by Crippen LogP contribution is 2.36. The lowest BCUT2D eigenvalue weighted by molar-refractivity contribution is -0.121. The molecule has 0 radical (unpaired) electrons. The van der Waals surface area contributed by atoms with E-state index in [1.807, 2.05) is 12.1 Å². The van der Waals surface area contributed by atoms with Crippen LogP contribution < -0.4 is 14.8 Å². The standard InChI is InChI=1S/C23H24ClN5O4/c1-32-20-12-21(33-2)18(10-16(20)24)26-22(30)15-4-3-9-29(13-15)23(31)19-11-17(27-28-19)14-5-7-25-8-6-14/h5-8,10-12,15H,3-4,9,13H2,1-2H3,(H,26,30)(H,27,28)/t15-/m0/s1. The summed E-state index contributed by atoms with van der Waals surface area (Å²) in [6.07, 6.45) is 4.73. The van der Waals surface area contributed by atoms with Gasteiger partial charge < -0.3 is 19.7 Å². The fourth-order valence-electron chi connectivity index (χ4n) is 3.84. The summed E-state index contributed by atoms with van der Waals surface area (Å²) in [5.74, 6) is 0.136. The number of nitrogens with zero attached hydrogens (tertiary/aromatic N) is 3. The number of ether oxygens (including phenoxy) is 2. The highest BCUT2D eigenvalue weighted by molar-refractivity contribution is 6.32. The fourth-order valence-corrected chi connectivity index (χ4v) is 4.08. The van der Waals surface area contributed by atoms with Crippen LogP contribution in [0.5, 0.6) is 11.5 Å². The predicted molar refractivity (Wildman–Crippen MR) is 124 cm³/mol. The first kappa shape index (κ1) is 22.6. The molecule has 172 valence electrons. The molecule has 0 saturated carbocycles. The van der Waals surface area contributed by atoms with E-state index in [-0.39, 0.29) is 17.7 Å². The van der Waals surface area contributed by atoms with Crippen LogP contribution in [-0.2, 0) is 4.79 Å². The van der Waals surface area contributed by atoms with Crippen LogP contribution in [0.15, 0.2) is 42.7 Å². The zero-order chi connectivity index (χ0) is 23.4. The van der Waals surface area contributed by atoms with Crippen molar-refractivity contribution in [2.45, 2.75) is 12.8 Å². The van der Waals surface area contributed by atoms with Gasteiger partial charge >= 0.3 is 0 Å². The number of pyridine rings is 1. The Balaban J connectivity index is 1.44. The van der Waals surface area contributed by atoms with Crippen LogP contribution in [0.25, 0.3) is 11.3 Å². The normalized spacial score (nSPS) is 15.7. The summed E-state index contributed by atoms with van der Waals surface area (Å²) in [6.45, 7) is 0.879. The molecule has 0 bridgehead atoms. The highest BCUT2D eigenvalue weighted by atomic mass is 35.5. The Labute approximate surface area is 196 Å². The number of likely N-dealkylation sites (tertiary alicyclic amines) is 1. The molecule has 0 aliphatic carbocycles. The van der Waals surface area contributed by atoms with Crippen LogP contribution >= 0.6 is 11.6 Å². The number of methoxy groups -OCH3 is 2. The van der Waals surface area contributed by atoms with Crippen molar-refractivity contribution in [3.05, 3.63) is 53.4 Å². The number of hydrogen-bond acceptors (Lipinski definition) is 6. The van der Waals surface area contributed by atoms with E-state index in [9.17, 15) is 9.59 Å². The summed E-state index contributed by atoms with van der Waals surface area (Å²) in [6, 6.07) is 8.57. The van der Waals surface area contributed by atoms with Gasteiger partial charge in [-0.05, 0) is 37.1 Å². The number of amides is 2. The van der Waals surface area contributed by atoms with Crippen LogP contribution in [0, 0.1) is 5.92 Å². The second kappa shape index (κ2) is 9.91. The van der Waals surface area contributed by atoms with Gasteiger partial charge in [0.2, 0.25) is 5.91 Å². The van der Waals surface area contributed by atoms with Crippen LogP contribution in [0.4, 0.5) is 5.69 Å². The van der Waals surface area contributed by atoms with Crippen molar-refractivity contribution < 1.29 is 19.1 Å². The third kappa shape index (κ3) is 4.93. The number of halogens is 1. The van der Waals surface area contributed by atoms with Gasteiger partial charge in [0.1, 0.15) is 17.2 Å². The Hall–Kier alpha value is -3.59. The summed E-state index contributed by atoms with van der Waals surface area (Å²) in [5, 5.41) is 10.3. The Bertz CT molecular complexity index is 1150. The maximum Gasteiger partial charge on any atom is 0.271 e. The molecule has 1 aliphatic heterocycles. The van der Waals surface area contributed by atoms with E-state index in [4.69, 9.17) is 21.1 Å². The van der Waals surface area contributed by atoms with Crippen molar-refractivity contribution in [1.29, 1.82) is 0 Å². The van der Waals surface area contributed by atoms with E-state index in [0.29, 0.717) is 53.1 Å². The molecule has 4 rings (SSSR count). The highest BCUT2D eigenvalue weighted by Gasteiger charge is 2.30. The molecular weight excluding hydrogens is 446 g/mol. The predicted octanol–water partition coefficient (Wildman–Crippen LogP) is 3.63. The maximum absolute atomic E-state index is 13.0. The molecule has 1 atom stereocenters. The van der Waals surface area contributed by atoms with E-state index < -0.39 is 0 Å². The van der Waals surface area contributed by atoms with Crippen molar-refractivity contribution >= 4 is 29.1 Å². The van der Waals surface area contributed by atoms with Crippen LogP contribution in [0.1, 0.15) is 23.3 Å². The number of hydrogen-bond donors (Lipinski definition) is 2. The number of benzene rings is 1. The monoisotopic (exact) mass is 469 g/mol. The third-order valence-electron chi connectivity index (χ3n) is 5.60. The van der Waals surface area contributed by atoms with Crippen molar-refractivity contribution in [2.75, 3.05) is 32.6 Å². The first-order valence-corrected chi connectivity index (χ1v) is 10.9. The van der Waals surface area contributed by atoms with E-state index in [1.54, 1.807) is 35.5 Å². The van der Waals surface area contributed by atoms with E-state index in [0.717, 1.165) is 12.0 Å². The van der Waals surface area contributed by atoms with Gasteiger partial charge in [0.25, 0.3) is 5.91 Å². The average molecular weight is 470 g/mol. The number of H-pyrrole nitrogens is 1. The largest absolute Gasteiger partial charge is 0.495 e. The third-order valence-corrected chi connectivity index (χ3v) is 5.89. The molecule has 3 heterocycles. The quantitative estimate of drug-likeness (QED) is 0.570. The minimum atomic E-state index is -0.365. The van der Waals surface area contributed by atoms with Crippen molar-refractivity contribution in [2.24, 2.45) is 5.92 Å². The molecule has 1 fully saturated rings. The van der Waals surface area contributed by atoms with Gasteiger partial charge in [0.15, 0.2) is 0 Å². The molecule has 1 saturated heterocycles. The number of aromatic nitrogens is 3. The molecule has 9 nitrogen and oxygen atoms in total. The number of piperidine rings is 1. The Morgan fingerprint density at radius 3 is 2.64 bits per heavy atom. The number of anilines is 1. The minimum absolute atomic E-state index is 0.189. The zero-order valence-corrected chi connectivity index (χ0v) is 19.1. The van der Waals surface area contributed by atoms with Gasteiger partial charge in [-0.3, -0.25) is 19.7 Å². The van der Waals surface area contributed by atoms with Gasteiger partial charge in [-0.25, -0.2) is 0 Å².